The van der Waals surface area contributed by atoms with Crippen molar-refractivity contribution in [3.8, 4) is 11.1 Å². The number of benzene rings is 3. The molecule has 220 valence electrons. The first-order chi connectivity index (χ1) is 19.4. The number of aliphatic hydroxyl groups is 1. The van der Waals surface area contributed by atoms with E-state index in [9.17, 15) is 18.3 Å². The molecule has 0 aromatic heterocycles. The summed E-state index contributed by atoms with van der Waals surface area (Å²) in [4.78, 5) is 11.1. The zero-order chi connectivity index (χ0) is 29.8. The first kappa shape index (κ1) is 31.2. The van der Waals surface area contributed by atoms with Crippen molar-refractivity contribution >= 4 is 27.6 Å². The Hall–Kier alpha value is -2.75. The highest BCUT2D eigenvalue weighted by atomic mass is 35.5. The number of aryl methyl sites for hydroxylation is 1. The number of hydrogen-bond donors (Lipinski definition) is 3. The summed E-state index contributed by atoms with van der Waals surface area (Å²) in [5.41, 5.74) is 4.83. The van der Waals surface area contributed by atoms with Gasteiger partial charge in [-0.25, -0.2) is 8.42 Å². The van der Waals surface area contributed by atoms with Crippen LogP contribution >= 0.6 is 11.6 Å². The number of rotatable bonds is 13. The third kappa shape index (κ3) is 7.96. The van der Waals surface area contributed by atoms with Crippen molar-refractivity contribution in [2.75, 3.05) is 20.1 Å². The van der Waals surface area contributed by atoms with Gasteiger partial charge in [-0.2, -0.15) is 4.31 Å². The Morgan fingerprint density at radius 3 is 2.32 bits per heavy atom. The topological polar surface area (TPSA) is 107 Å². The highest BCUT2D eigenvalue weighted by Gasteiger charge is 2.29. The molecule has 41 heavy (non-hydrogen) atoms. The maximum absolute atomic E-state index is 13.3. The van der Waals surface area contributed by atoms with Gasteiger partial charge in [0.25, 0.3) is 0 Å². The maximum atomic E-state index is 13.3. The lowest BCUT2D eigenvalue weighted by Crippen LogP contribution is -2.47. The molecule has 3 aromatic rings. The molecule has 0 spiro atoms. The molecule has 1 atom stereocenters. The van der Waals surface area contributed by atoms with Crippen LogP contribution in [-0.4, -0.2) is 60.7 Å². The van der Waals surface area contributed by atoms with Crippen LogP contribution < -0.4 is 5.32 Å². The number of carbonyl (C=O) groups is 1. The summed E-state index contributed by atoms with van der Waals surface area (Å²) in [6, 6.07) is 20.4. The molecule has 0 saturated heterocycles. The van der Waals surface area contributed by atoms with Crippen LogP contribution in [0.3, 0.4) is 0 Å². The first-order valence-corrected chi connectivity index (χ1v) is 15.7. The monoisotopic (exact) mass is 598 g/mol. The number of nitrogens with zero attached hydrogens (tertiary/aromatic N) is 1. The van der Waals surface area contributed by atoms with E-state index in [1.807, 2.05) is 24.3 Å². The van der Waals surface area contributed by atoms with E-state index >= 15 is 0 Å². The third-order valence-electron chi connectivity index (χ3n) is 7.78. The minimum Gasteiger partial charge on any atom is -0.481 e. The number of fused-ring (bicyclic) bond motifs is 1. The van der Waals surface area contributed by atoms with Gasteiger partial charge in [-0.1, -0.05) is 66.2 Å². The van der Waals surface area contributed by atoms with Gasteiger partial charge in [-0.3, -0.25) is 4.79 Å². The van der Waals surface area contributed by atoms with Gasteiger partial charge < -0.3 is 15.5 Å². The fourth-order valence-electron chi connectivity index (χ4n) is 5.74. The third-order valence-corrected chi connectivity index (χ3v) is 9.92. The van der Waals surface area contributed by atoms with Gasteiger partial charge in [-0.05, 0) is 79.8 Å². The number of likely N-dealkylation sites (N-methyl/N-ethyl adjacent to an activating group) is 1. The highest BCUT2D eigenvalue weighted by molar-refractivity contribution is 7.89. The molecule has 0 heterocycles. The predicted octanol–water partition coefficient (Wildman–Crippen LogP) is 5.18. The lowest BCUT2D eigenvalue weighted by molar-refractivity contribution is -0.136. The Labute approximate surface area is 248 Å². The molecule has 0 amide bonds. The molecule has 0 fully saturated rings. The van der Waals surface area contributed by atoms with Crippen molar-refractivity contribution < 1.29 is 23.4 Å². The van der Waals surface area contributed by atoms with Gasteiger partial charge in [0.15, 0.2) is 0 Å². The fraction of sp³-hybridized carbons (Fsp3) is 0.406. The maximum Gasteiger partial charge on any atom is 0.303 e. The van der Waals surface area contributed by atoms with E-state index < -0.39 is 22.1 Å². The van der Waals surface area contributed by atoms with Crippen molar-refractivity contribution in [3.05, 3.63) is 88.4 Å². The molecular formula is C32H39ClN2O5S. The molecule has 3 aromatic carbocycles. The van der Waals surface area contributed by atoms with E-state index in [0.717, 1.165) is 34.7 Å². The van der Waals surface area contributed by atoms with E-state index in [-0.39, 0.29) is 35.0 Å². The number of aliphatic hydroxyl groups excluding tert-OH is 1. The minimum atomic E-state index is -3.91. The van der Waals surface area contributed by atoms with Gasteiger partial charge in [0.2, 0.25) is 10.0 Å². The minimum absolute atomic E-state index is 0.0187. The number of β-amino-alcohol motifs (C(OH)–C–C–N with tert-alkyl or cyclic N) is 1. The Morgan fingerprint density at radius 2 is 1.68 bits per heavy atom. The summed E-state index contributed by atoms with van der Waals surface area (Å²) >= 11 is 6.56. The van der Waals surface area contributed by atoms with Crippen LogP contribution in [0.2, 0.25) is 5.02 Å². The quantitative estimate of drug-likeness (QED) is 0.250. The number of carboxylic acid groups (broad SMARTS) is 1. The summed E-state index contributed by atoms with van der Waals surface area (Å²) in [5.74, 6) is -0.358. The summed E-state index contributed by atoms with van der Waals surface area (Å²) in [6.45, 7) is 4.43. The van der Waals surface area contributed by atoms with E-state index in [1.54, 1.807) is 6.07 Å². The molecule has 0 aliphatic heterocycles. The van der Waals surface area contributed by atoms with Crippen molar-refractivity contribution in [2.45, 2.75) is 62.5 Å². The van der Waals surface area contributed by atoms with Gasteiger partial charge in [-0.15, -0.1) is 0 Å². The van der Waals surface area contributed by atoms with Gasteiger partial charge in [0, 0.05) is 42.7 Å². The Morgan fingerprint density at radius 1 is 1.05 bits per heavy atom. The predicted molar refractivity (Wildman–Crippen MR) is 163 cm³/mol. The zero-order valence-electron chi connectivity index (χ0n) is 23.8. The molecule has 4 rings (SSSR count). The number of carboxylic acids is 1. The van der Waals surface area contributed by atoms with E-state index in [4.69, 9.17) is 16.7 Å². The van der Waals surface area contributed by atoms with Crippen molar-refractivity contribution in [1.82, 2.24) is 9.62 Å². The Kier molecular flexibility index (Phi) is 9.93. The molecule has 1 aliphatic rings. The second-order valence-electron chi connectivity index (χ2n) is 11.6. The Balaban J connectivity index is 1.35. The lowest BCUT2D eigenvalue weighted by Gasteiger charge is -2.31. The van der Waals surface area contributed by atoms with Crippen molar-refractivity contribution in [3.63, 3.8) is 0 Å². The van der Waals surface area contributed by atoms with Gasteiger partial charge >= 0.3 is 5.97 Å². The molecule has 9 heteroatoms. The Bertz CT molecular complexity index is 1470. The fourth-order valence-corrected chi connectivity index (χ4v) is 7.32. The summed E-state index contributed by atoms with van der Waals surface area (Å²) in [7, 11) is -2.46. The molecule has 3 N–H and O–H groups in total. The van der Waals surface area contributed by atoms with E-state index in [2.05, 4.69) is 43.4 Å². The summed E-state index contributed by atoms with van der Waals surface area (Å²) in [5, 5.41) is 23.5. The molecule has 0 saturated carbocycles. The molecule has 0 bridgehead atoms. The van der Waals surface area contributed by atoms with Crippen LogP contribution in [0.15, 0.2) is 71.6 Å². The smallest absolute Gasteiger partial charge is 0.303 e. The number of hydrogen-bond acceptors (Lipinski definition) is 5. The summed E-state index contributed by atoms with van der Waals surface area (Å²) < 4.78 is 27.8. The van der Waals surface area contributed by atoms with E-state index in [1.165, 1.54) is 30.3 Å². The first-order valence-electron chi connectivity index (χ1n) is 13.9. The second-order valence-corrected chi connectivity index (χ2v) is 14.1. The van der Waals surface area contributed by atoms with Gasteiger partial charge in [0.05, 0.1) is 11.0 Å². The molecule has 0 radical (unpaired) electrons. The number of halogens is 1. The average Bonchev–Trinajstić information content (AvgIpc) is 3.32. The van der Waals surface area contributed by atoms with Crippen LogP contribution in [0, 0.1) is 5.92 Å². The number of sulfonamides is 1. The van der Waals surface area contributed by atoms with Crippen molar-refractivity contribution in [2.24, 2.45) is 5.92 Å². The summed E-state index contributed by atoms with van der Waals surface area (Å²) in [6.07, 6.45) is 2.48. The molecule has 7 nitrogen and oxygen atoms in total. The number of nitrogens with one attached hydrogen (secondary N) is 1. The average molecular weight is 599 g/mol. The molecule has 0 unspecified atom stereocenters. The SMILES string of the molecule is CN(C[C@H](O)CNC(C)(C)CC1Cc2ccccc2C1)S(=O)(=O)c1ccc(-c2ccccc2CCC(=O)O)c(Cl)c1. The normalized spacial score (nSPS) is 14.8. The van der Waals surface area contributed by atoms with Crippen LogP contribution in [0.5, 0.6) is 0 Å². The van der Waals surface area contributed by atoms with Crippen LogP contribution in [0.1, 0.15) is 43.4 Å². The molecular weight excluding hydrogens is 560 g/mol. The zero-order valence-corrected chi connectivity index (χ0v) is 25.4. The largest absolute Gasteiger partial charge is 0.481 e. The van der Waals surface area contributed by atoms with Crippen LogP contribution in [-0.2, 0) is 34.1 Å². The second kappa shape index (κ2) is 13.0. The lowest BCUT2D eigenvalue weighted by atomic mass is 9.88. The van der Waals surface area contributed by atoms with Crippen LogP contribution in [0.25, 0.3) is 11.1 Å². The van der Waals surface area contributed by atoms with E-state index in [0.29, 0.717) is 17.9 Å². The van der Waals surface area contributed by atoms with Crippen molar-refractivity contribution in [1.29, 1.82) is 0 Å². The van der Waals surface area contributed by atoms with Gasteiger partial charge in [0.1, 0.15) is 0 Å². The highest BCUT2D eigenvalue weighted by Crippen LogP contribution is 2.34. The number of aliphatic carboxylic acids is 1. The standard InChI is InChI=1S/C32H39ClN2O5S/c1-32(2,19-22-16-24-9-4-5-10-25(24)17-22)34-20-26(36)21-35(3)41(39,40)27-13-14-29(30(33)18-27)28-11-7-6-8-23(28)12-15-31(37)38/h4-11,13-14,18,22,26,34,36H,12,15-17,19-21H2,1-3H3,(H,37,38)/t26-/m1/s1. The van der Waals surface area contributed by atoms with Crippen LogP contribution in [0.4, 0.5) is 0 Å². The molecule has 1 aliphatic carbocycles.